The summed E-state index contributed by atoms with van der Waals surface area (Å²) in [5.41, 5.74) is 0.224. The summed E-state index contributed by atoms with van der Waals surface area (Å²) in [6.07, 6.45) is -0.320. The van der Waals surface area contributed by atoms with Crippen molar-refractivity contribution in [3.63, 3.8) is 0 Å². The fourth-order valence-corrected chi connectivity index (χ4v) is 2.90. The van der Waals surface area contributed by atoms with Gasteiger partial charge in [0.25, 0.3) is 0 Å². The first-order valence-corrected chi connectivity index (χ1v) is 7.75. The second-order valence-corrected chi connectivity index (χ2v) is 6.17. The van der Waals surface area contributed by atoms with Gasteiger partial charge in [-0.25, -0.2) is 4.39 Å². The number of benzene rings is 1. The highest BCUT2D eigenvalue weighted by atomic mass is 32.1. The number of rotatable bonds is 5. The molecule has 0 saturated carbocycles. The molecule has 5 nitrogen and oxygen atoms in total. The van der Waals surface area contributed by atoms with E-state index in [1.54, 1.807) is 18.4 Å². The van der Waals surface area contributed by atoms with E-state index in [0.29, 0.717) is 0 Å². The predicted octanol–water partition coefficient (Wildman–Crippen LogP) is 2.64. The highest BCUT2D eigenvalue weighted by molar-refractivity contribution is 7.12. The zero-order chi connectivity index (χ0) is 16.8. The van der Waals surface area contributed by atoms with Crippen LogP contribution in [0.3, 0.4) is 0 Å². The molecule has 0 spiro atoms. The quantitative estimate of drug-likeness (QED) is 0.825. The van der Waals surface area contributed by atoms with Gasteiger partial charge in [-0.1, -0.05) is 6.07 Å². The number of carbonyl (C=O) groups is 2. The van der Waals surface area contributed by atoms with Gasteiger partial charge >= 0.3 is 11.8 Å². The van der Waals surface area contributed by atoms with Gasteiger partial charge in [0.05, 0.1) is 0 Å². The topological polar surface area (TPSA) is 67.4 Å². The van der Waals surface area contributed by atoms with Crippen LogP contribution in [0.2, 0.25) is 0 Å². The maximum Gasteiger partial charge on any atom is 0.313 e. The lowest BCUT2D eigenvalue weighted by Crippen LogP contribution is -2.37. The Morgan fingerprint density at radius 3 is 2.65 bits per heavy atom. The largest absolute Gasteiger partial charge is 0.374 e. The summed E-state index contributed by atoms with van der Waals surface area (Å²) in [5, 5.41) is 4.85. The molecular formula is C16H17FN2O3S. The fraction of sp³-hybridized carbons (Fsp3) is 0.250. The van der Waals surface area contributed by atoms with Gasteiger partial charge < -0.3 is 15.4 Å². The van der Waals surface area contributed by atoms with Gasteiger partial charge in [0.15, 0.2) is 0 Å². The highest BCUT2D eigenvalue weighted by Gasteiger charge is 2.18. The second kappa shape index (κ2) is 7.85. The first-order valence-electron chi connectivity index (χ1n) is 6.93. The lowest BCUT2D eigenvalue weighted by atomic mass is 10.2. The molecule has 0 aliphatic heterocycles. The van der Waals surface area contributed by atoms with Crippen molar-refractivity contribution in [2.75, 3.05) is 19.0 Å². The summed E-state index contributed by atoms with van der Waals surface area (Å²) in [6.45, 7) is 2.15. The minimum atomic E-state index is -0.854. The Morgan fingerprint density at radius 2 is 2.04 bits per heavy atom. The molecule has 1 aromatic carbocycles. The molecule has 0 saturated heterocycles. The number of halogens is 1. The van der Waals surface area contributed by atoms with Crippen LogP contribution in [0, 0.1) is 12.7 Å². The minimum absolute atomic E-state index is 0.172. The number of carbonyl (C=O) groups excluding carboxylic acids is 2. The molecule has 0 aliphatic rings. The maximum absolute atomic E-state index is 13.0. The van der Waals surface area contributed by atoms with E-state index in [4.69, 9.17) is 4.74 Å². The predicted molar refractivity (Wildman–Crippen MR) is 86.8 cm³/mol. The Balaban J connectivity index is 1.89. The average molecular weight is 336 g/mol. The molecule has 122 valence electrons. The van der Waals surface area contributed by atoms with Gasteiger partial charge in [0, 0.05) is 29.1 Å². The van der Waals surface area contributed by atoms with Crippen LogP contribution >= 0.6 is 11.3 Å². The monoisotopic (exact) mass is 336 g/mol. The van der Waals surface area contributed by atoms with E-state index < -0.39 is 17.6 Å². The first-order chi connectivity index (χ1) is 11.0. The van der Waals surface area contributed by atoms with Crippen molar-refractivity contribution in [1.29, 1.82) is 0 Å². The minimum Gasteiger partial charge on any atom is -0.374 e. The van der Waals surface area contributed by atoms with Gasteiger partial charge in [-0.05, 0) is 37.3 Å². The van der Waals surface area contributed by atoms with Gasteiger partial charge in [-0.2, -0.15) is 0 Å². The molecule has 2 aromatic rings. The standard InChI is InChI=1S/C16H17FN2O3S/c1-10-6-7-14(23-10)13(22-2)9-18-15(20)16(21)19-12-5-3-4-11(17)8-12/h3-8,13H,9H2,1-2H3,(H,18,20)(H,19,21). The lowest BCUT2D eigenvalue weighted by molar-refractivity contribution is -0.136. The van der Waals surface area contributed by atoms with E-state index in [-0.39, 0.29) is 18.3 Å². The molecule has 1 unspecified atom stereocenters. The Labute approximate surface area is 137 Å². The Hall–Kier alpha value is -2.25. The molecule has 2 rings (SSSR count). The molecule has 23 heavy (non-hydrogen) atoms. The first kappa shape index (κ1) is 17.1. The van der Waals surface area contributed by atoms with Crippen molar-refractivity contribution in [2.24, 2.45) is 0 Å². The van der Waals surface area contributed by atoms with E-state index in [2.05, 4.69) is 10.6 Å². The number of thiophene rings is 1. The van der Waals surface area contributed by atoms with Crippen LogP contribution in [0.25, 0.3) is 0 Å². The van der Waals surface area contributed by atoms with Gasteiger partial charge in [-0.15, -0.1) is 11.3 Å². The molecule has 2 N–H and O–H groups in total. The van der Waals surface area contributed by atoms with Crippen molar-refractivity contribution >= 4 is 28.8 Å². The maximum atomic E-state index is 13.0. The van der Waals surface area contributed by atoms with E-state index >= 15 is 0 Å². The van der Waals surface area contributed by atoms with E-state index in [0.717, 1.165) is 15.8 Å². The van der Waals surface area contributed by atoms with Crippen LogP contribution in [0.1, 0.15) is 15.9 Å². The van der Waals surface area contributed by atoms with Crippen molar-refractivity contribution in [1.82, 2.24) is 5.32 Å². The molecule has 7 heteroatoms. The third-order valence-corrected chi connectivity index (χ3v) is 4.19. The lowest BCUT2D eigenvalue weighted by Gasteiger charge is -2.14. The molecule has 1 aromatic heterocycles. The summed E-state index contributed by atoms with van der Waals surface area (Å²) in [7, 11) is 1.54. The van der Waals surface area contributed by atoms with Crippen LogP contribution in [-0.4, -0.2) is 25.5 Å². The zero-order valence-electron chi connectivity index (χ0n) is 12.8. The average Bonchev–Trinajstić information content (AvgIpc) is 2.94. The molecule has 0 aliphatic carbocycles. The van der Waals surface area contributed by atoms with Crippen LogP contribution in [0.4, 0.5) is 10.1 Å². The molecule has 2 amide bonds. The molecule has 1 atom stereocenters. The third-order valence-electron chi connectivity index (χ3n) is 3.10. The molecule has 0 radical (unpaired) electrons. The number of anilines is 1. The van der Waals surface area contributed by atoms with Crippen molar-refractivity contribution in [3.8, 4) is 0 Å². The van der Waals surface area contributed by atoms with Crippen molar-refractivity contribution in [2.45, 2.75) is 13.0 Å². The third kappa shape index (κ3) is 4.87. The summed E-state index contributed by atoms with van der Waals surface area (Å²) >= 11 is 1.57. The van der Waals surface area contributed by atoms with Crippen molar-refractivity contribution < 1.29 is 18.7 Å². The number of ether oxygens (including phenoxy) is 1. The number of amides is 2. The summed E-state index contributed by atoms with van der Waals surface area (Å²) < 4.78 is 18.4. The molecular weight excluding hydrogens is 319 g/mol. The summed E-state index contributed by atoms with van der Waals surface area (Å²) in [6, 6.07) is 9.22. The number of methoxy groups -OCH3 is 1. The van der Waals surface area contributed by atoms with E-state index in [1.165, 1.54) is 18.2 Å². The number of aryl methyl sites for hydroxylation is 1. The Kier molecular flexibility index (Phi) is 5.84. The van der Waals surface area contributed by atoms with Crippen LogP contribution in [0.5, 0.6) is 0 Å². The number of hydrogen-bond donors (Lipinski definition) is 2. The van der Waals surface area contributed by atoms with Crippen LogP contribution in [0.15, 0.2) is 36.4 Å². The smallest absolute Gasteiger partial charge is 0.313 e. The molecule has 0 bridgehead atoms. The van der Waals surface area contributed by atoms with Crippen LogP contribution in [-0.2, 0) is 14.3 Å². The number of hydrogen-bond acceptors (Lipinski definition) is 4. The Morgan fingerprint density at radius 1 is 1.26 bits per heavy atom. The summed E-state index contributed by atoms with van der Waals surface area (Å²) in [5.74, 6) is -2.15. The molecule has 0 fully saturated rings. The van der Waals surface area contributed by atoms with Gasteiger partial charge in [0.2, 0.25) is 0 Å². The Bertz CT molecular complexity index is 702. The van der Waals surface area contributed by atoms with Crippen molar-refractivity contribution in [3.05, 3.63) is 52.0 Å². The van der Waals surface area contributed by atoms with E-state index in [1.807, 2.05) is 19.1 Å². The van der Waals surface area contributed by atoms with Crippen LogP contribution < -0.4 is 10.6 Å². The fourth-order valence-electron chi connectivity index (χ4n) is 1.95. The number of nitrogens with one attached hydrogen (secondary N) is 2. The van der Waals surface area contributed by atoms with Gasteiger partial charge in [-0.3, -0.25) is 9.59 Å². The summed E-state index contributed by atoms with van der Waals surface area (Å²) in [4.78, 5) is 25.7. The normalized spacial score (nSPS) is 11.8. The molecule has 1 heterocycles. The SMILES string of the molecule is COC(CNC(=O)C(=O)Nc1cccc(F)c1)c1ccc(C)s1. The zero-order valence-corrected chi connectivity index (χ0v) is 13.6. The second-order valence-electron chi connectivity index (χ2n) is 4.85. The van der Waals surface area contributed by atoms with E-state index in [9.17, 15) is 14.0 Å². The van der Waals surface area contributed by atoms with Gasteiger partial charge in [0.1, 0.15) is 11.9 Å². The highest BCUT2D eigenvalue weighted by Crippen LogP contribution is 2.24.